The molecule has 0 aliphatic carbocycles. The topological polar surface area (TPSA) is 138 Å². The van der Waals surface area contributed by atoms with E-state index in [1.54, 1.807) is 48.5 Å². The molecule has 0 spiro atoms. The van der Waals surface area contributed by atoms with Crippen LogP contribution < -0.4 is 10.6 Å². The number of esters is 1. The predicted molar refractivity (Wildman–Crippen MR) is 114 cm³/mol. The van der Waals surface area contributed by atoms with Crippen molar-refractivity contribution in [1.82, 2.24) is 10.6 Å². The zero-order valence-corrected chi connectivity index (χ0v) is 17.8. The number of hydrogen-bond donors (Lipinski definition) is 3. The van der Waals surface area contributed by atoms with Gasteiger partial charge in [-0.2, -0.15) is 5.26 Å². The van der Waals surface area contributed by atoms with Crippen molar-refractivity contribution in [2.75, 3.05) is 7.11 Å². The van der Waals surface area contributed by atoms with Crippen molar-refractivity contribution in [3.8, 4) is 6.07 Å². The fraction of sp³-hybridized carbons (Fsp3) is 0.304. The Morgan fingerprint density at radius 2 is 1.72 bits per heavy atom. The first-order chi connectivity index (χ1) is 15.3. The van der Waals surface area contributed by atoms with Gasteiger partial charge >= 0.3 is 12.1 Å². The minimum absolute atomic E-state index is 0.00682. The quantitative estimate of drug-likeness (QED) is 0.503. The number of carbonyl (C=O) groups excluding carboxylic acids is 3. The summed E-state index contributed by atoms with van der Waals surface area (Å²) in [4.78, 5) is 37.1. The lowest BCUT2D eigenvalue weighted by Crippen LogP contribution is -2.56. The summed E-state index contributed by atoms with van der Waals surface area (Å²) >= 11 is 0. The Morgan fingerprint density at radius 1 is 1.06 bits per heavy atom. The molecule has 3 atom stereocenters. The van der Waals surface area contributed by atoms with Crippen LogP contribution in [0.3, 0.4) is 0 Å². The molecule has 9 heteroatoms. The maximum absolute atomic E-state index is 12.8. The largest absolute Gasteiger partial charge is 0.467 e. The van der Waals surface area contributed by atoms with Gasteiger partial charge in [0.25, 0.3) is 0 Å². The predicted octanol–water partition coefficient (Wildman–Crippen LogP) is 1.43. The highest BCUT2D eigenvalue weighted by molar-refractivity contribution is 5.90. The van der Waals surface area contributed by atoms with Crippen molar-refractivity contribution in [2.24, 2.45) is 0 Å². The minimum atomic E-state index is -1.38. The van der Waals surface area contributed by atoms with E-state index in [9.17, 15) is 24.8 Å². The van der Waals surface area contributed by atoms with E-state index in [2.05, 4.69) is 10.6 Å². The number of nitrogens with one attached hydrogen (secondary N) is 2. The molecule has 0 radical (unpaired) electrons. The second kappa shape index (κ2) is 12.1. The van der Waals surface area contributed by atoms with Gasteiger partial charge in [0.15, 0.2) is 0 Å². The first kappa shape index (κ1) is 24.4. The van der Waals surface area contributed by atoms with Gasteiger partial charge in [-0.25, -0.2) is 9.59 Å². The van der Waals surface area contributed by atoms with Crippen molar-refractivity contribution in [3.05, 3.63) is 71.3 Å². The van der Waals surface area contributed by atoms with Crippen LogP contribution in [0, 0.1) is 11.3 Å². The zero-order valence-electron chi connectivity index (χ0n) is 17.8. The van der Waals surface area contributed by atoms with Crippen LogP contribution in [0.25, 0.3) is 0 Å². The number of hydrogen-bond acceptors (Lipinski definition) is 7. The van der Waals surface area contributed by atoms with E-state index in [0.717, 1.165) is 5.56 Å². The minimum Gasteiger partial charge on any atom is -0.467 e. The Balaban J connectivity index is 2.06. The number of rotatable bonds is 9. The smallest absolute Gasteiger partial charge is 0.408 e. The second-order valence-electron chi connectivity index (χ2n) is 6.98. The zero-order chi connectivity index (χ0) is 23.5. The molecule has 0 bridgehead atoms. The number of carbonyl (C=O) groups is 3. The van der Waals surface area contributed by atoms with Crippen LogP contribution in [0.15, 0.2) is 54.6 Å². The summed E-state index contributed by atoms with van der Waals surface area (Å²) < 4.78 is 9.85. The van der Waals surface area contributed by atoms with Crippen LogP contribution in [-0.2, 0) is 32.1 Å². The van der Waals surface area contributed by atoms with Crippen LogP contribution in [0.5, 0.6) is 0 Å². The average Bonchev–Trinajstić information content (AvgIpc) is 2.80. The number of benzene rings is 2. The van der Waals surface area contributed by atoms with Gasteiger partial charge in [-0.1, -0.05) is 48.5 Å². The van der Waals surface area contributed by atoms with E-state index in [0.29, 0.717) is 11.1 Å². The molecule has 2 rings (SSSR count). The molecule has 32 heavy (non-hydrogen) atoms. The summed E-state index contributed by atoms with van der Waals surface area (Å²) in [6.07, 6.45) is -2.18. The highest BCUT2D eigenvalue weighted by Gasteiger charge is 2.31. The summed E-state index contributed by atoms with van der Waals surface area (Å²) in [5.74, 6) is -1.54. The fourth-order valence-corrected chi connectivity index (χ4v) is 2.92. The Labute approximate surface area is 186 Å². The van der Waals surface area contributed by atoms with Crippen LogP contribution in [-0.4, -0.2) is 48.4 Å². The molecule has 0 saturated carbocycles. The number of aliphatic hydroxyl groups is 1. The molecule has 0 fully saturated rings. The molecule has 2 amide bonds. The molecule has 0 unspecified atom stereocenters. The third-order valence-corrected chi connectivity index (χ3v) is 4.62. The highest BCUT2D eigenvalue weighted by atomic mass is 16.5. The monoisotopic (exact) mass is 439 g/mol. The standard InChI is InChI=1S/C23H25N3O6/c1-15(27)20(26-23(30)32-14-16-8-4-3-5-9-16)21(28)25-19(22(29)31-2)12-17-10-6-7-11-18(17)13-24/h3-11,15,19-20,27H,12,14H2,1-2H3,(H,25,28)(H,26,30)/t15-,19+,20+/m1/s1. The second-order valence-corrected chi connectivity index (χ2v) is 6.98. The summed E-state index contributed by atoms with van der Waals surface area (Å²) in [6, 6.07) is 15.1. The van der Waals surface area contributed by atoms with Crippen LogP contribution in [0.1, 0.15) is 23.6 Å². The molecule has 0 saturated heterocycles. The summed E-state index contributed by atoms with van der Waals surface area (Å²) in [5, 5.41) is 24.0. The first-order valence-corrected chi connectivity index (χ1v) is 9.87. The third kappa shape index (κ3) is 7.11. The van der Waals surface area contributed by atoms with Gasteiger partial charge in [0, 0.05) is 6.42 Å². The number of aliphatic hydroxyl groups excluding tert-OH is 1. The molecular formula is C23H25N3O6. The van der Waals surface area contributed by atoms with Gasteiger partial charge in [-0.05, 0) is 24.1 Å². The van der Waals surface area contributed by atoms with Crippen molar-refractivity contribution in [3.63, 3.8) is 0 Å². The van der Waals surface area contributed by atoms with Crippen molar-refractivity contribution in [2.45, 2.75) is 38.1 Å². The van der Waals surface area contributed by atoms with E-state index >= 15 is 0 Å². The summed E-state index contributed by atoms with van der Waals surface area (Å²) in [5.41, 5.74) is 1.64. The molecule has 0 aliphatic rings. The third-order valence-electron chi connectivity index (χ3n) is 4.62. The van der Waals surface area contributed by atoms with E-state index < -0.39 is 36.2 Å². The normalized spacial score (nSPS) is 13.1. The Hall–Kier alpha value is -3.90. The molecule has 168 valence electrons. The Kier molecular flexibility index (Phi) is 9.20. The number of methoxy groups -OCH3 is 1. The number of nitriles is 1. The van der Waals surface area contributed by atoms with E-state index in [-0.39, 0.29) is 13.0 Å². The van der Waals surface area contributed by atoms with Gasteiger partial charge in [0.1, 0.15) is 18.7 Å². The number of amides is 2. The van der Waals surface area contributed by atoms with Gasteiger partial charge in [0.2, 0.25) is 5.91 Å². The lowest BCUT2D eigenvalue weighted by Gasteiger charge is -2.24. The van der Waals surface area contributed by atoms with Crippen LogP contribution in [0.4, 0.5) is 4.79 Å². The lowest BCUT2D eigenvalue weighted by molar-refractivity contribution is -0.145. The molecule has 9 nitrogen and oxygen atoms in total. The van der Waals surface area contributed by atoms with E-state index in [4.69, 9.17) is 9.47 Å². The molecule has 0 aromatic heterocycles. The first-order valence-electron chi connectivity index (χ1n) is 9.87. The number of ether oxygens (including phenoxy) is 2. The molecule has 2 aromatic rings. The molecule has 0 heterocycles. The van der Waals surface area contributed by atoms with E-state index in [1.807, 2.05) is 12.1 Å². The van der Waals surface area contributed by atoms with E-state index in [1.165, 1.54) is 14.0 Å². The summed E-state index contributed by atoms with van der Waals surface area (Å²) in [7, 11) is 1.17. The van der Waals surface area contributed by atoms with Crippen molar-refractivity contribution < 1.29 is 29.0 Å². The van der Waals surface area contributed by atoms with Crippen molar-refractivity contribution >= 4 is 18.0 Å². The van der Waals surface area contributed by atoms with Gasteiger partial charge in [-0.15, -0.1) is 0 Å². The van der Waals surface area contributed by atoms with Crippen LogP contribution in [0.2, 0.25) is 0 Å². The lowest BCUT2D eigenvalue weighted by atomic mass is 10.0. The Bertz CT molecular complexity index is 971. The average molecular weight is 439 g/mol. The Morgan fingerprint density at radius 3 is 2.34 bits per heavy atom. The number of alkyl carbamates (subject to hydrolysis) is 1. The van der Waals surface area contributed by atoms with Gasteiger partial charge in [-0.3, -0.25) is 4.79 Å². The molecule has 3 N–H and O–H groups in total. The van der Waals surface area contributed by atoms with Gasteiger partial charge < -0.3 is 25.2 Å². The van der Waals surface area contributed by atoms with Crippen LogP contribution >= 0.6 is 0 Å². The number of nitrogens with zero attached hydrogens (tertiary/aromatic N) is 1. The SMILES string of the molecule is COC(=O)[C@H](Cc1ccccc1C#N)NC(=O)[C@@H](NC(=O)OCc1ccccc1)[C@@H](C)O. The molecular weight excluding hydrogens is 414 g/mol. The molecule has 0 aliphatic heterocycles. The fourth-order valence-electron chi connectivity index (χ4n) is 2.92. The summed E-state index contributed by atoms with van der Waals surface area (Å²) in [6.45, 7) is 1.30. The maximum atomic E-state index is 12.8. The maximum Gasteiger partial charge on any atom is 0.408 e. The van der Waals surface area contributed by atoms with Crippen molar-refractivity contribution in [1.29, 1.82) is 5.26 Å². The molecule has 2 aromatic carbocycles. The highest BCUT2D eigenvalue weighted by Crippen LogP contribution is 2.11. The van der Waals surface area contributed by atoms with Gasteiger partial charge in [0.05, 0.1) is 24.8 Å².